The zero-order valence-electron chi connectivity index (χ0n) is 15.5. The zero-order chi connectivity index (χ0) is 17.1. The number of aliphatic imine (C=N–C) groups is 1. The number of pyridine rings is 1. The maximum absolute atomic E-state index is 4.65. The second-order valence-corrected chi connectivity index (χ2v) is 7.08. The van der Waals surface area contributed by atoms with Gasteiger partial charge < -0.3 is 14.6 Å². The molecule has 0 bridgehead atoms. The first-order chi connectivity index (χ1) is 12.3. The maximum atomic E-state index is 4.65. The molecule has 0 aromatic carbocycles. The molecule has 0 spiro atoms. The number of nitrogens with one attached hydrogen (secondary N) is 1. The summed E-state index contributed by atoms with van der Waals surface area (Å²) >= 11 is 0. The van der Waals surface area contributed by atoms with E-state index in [-0.39, 0.29) is 24.0 Å². The van der Waals surface area contributed by atoms with Crippen LogP contribution in [0.5, 0.6) is 0 Å². The lowest BCUT2D eigenvalue weighted by molar-refractivity contribution is 0.168. The Hall–Kier alpha value is -1.35. The minimum absolute atomic E-state index is 0. The quantitative estimate of drug-likeness (QED) is 0.428. The second-order valence-electron chi connectivity index (χ2n) is 7.08. The van der Waals surface area contributed by atoms with Gasteiger partial charge in [-0.05, 0) is 44.5 Å². The van der Waals surface area contributed by atoms with E-state index >= 15 is 0 Å². The van der Waals surface area contributed by atoms with Crippen molar-refractivity contribution in [2.24, 2.45) is 4.99 Å². The highest BCUT2D eigenvalue weighted by molar-refractivity contribution is 14.0. The van der Waals surface area contributed by atoms with Crippen molar-refractivity contribution < 1.29 is 0 Å². The van der Waals surface area contributed by atoms with E-state index in [9.17, 15) is 0 Å². The minimum atomic E-state index is 0. The van der Waals surface area contributed by atoms with Gasteiger partial charge in [-0.25, -0.2) is 4.98 Å². The highest BCUT2D eigenvalue weighted by Gasteiger charge is 2.29. The SMILES string of the molecule is CN=C(NCc1cn2ccccc2n1)N1CCC(N2CCCCC2)C1.I. The van der Waals surface area contributed by atoms with Crippen LogP contribution in [0, 0.1) is 0 Å². The largest absolute Gasteiger partial charge is 0.351 e. The van der Waals surface area contributed by atoms with Gasteiger partial charge in [-0.15, -0.1) is 24.0 Å². The van der Waals surface area contributed by atoms with Crippen LogP contribution in [0.2, 0.25) is 0 Å². The van der Waals surface area contributed by atoms with E-state index in [1.54, 1.807) is 0 Å². The van der Waals surface area contributed by atoms with Crippen molar-refractivity contribution in [2.75, 3.05) is 33.2 Å². The van der Waals surface area contributed by atoms with Crippen LogP contribution in [-0.2, 0) is 6.54 Å². The molecule has 2 aromatic rings. The molecule has 2 fully saturated rings. The summed E-state index contributed by atoms with van der Waals surface area (Å²) in [7, 11) is 1.88. The number of imidazole rings is 1. The molecule has 2 aromatic heterocycles. The third-order valence-electron chi connectivity index (χ3n) is 5.42. The Morgan fingerprint density at radius 2 is 2.08 bits per heavy atom. The molecule has 1 unspecified atom stereocenters. The summed E-state index contributed by atoms with van der Waals surface area (Å²) in [5.41, 5.74) is 2.03. The Bertz CT molecular complexity index is 703. The third kappa shape index (κ3) is 4.31. The number of fused-ring (bicyclic) bond motifs is 1. The summed E-state index contributed by atoms with van der Waals surface area (Å²) in [5.74, 6) is 0.997. The number of rotatable bonds is 3. The summed E-state index contributed by atoms with van der Waals surface area (Å²) < 4.78 is 2.06. The van der Waals surface area contributed by atoms with E-state index in [1.807, 2.05) is 31.4 Å². The van der Waals surface area contributed by atoms with Crippen molar-refractivity contribution in [1.82, 2.24) is 24.5 Å². The average molecular weight is 468 g/mol. The van der Waals surface area contributed by atoms with Gasteiger partial charge in [0.05, 0.1) is 12.2 Å². The average Bonchev–Trinajstić information content (AvgIpc) is 3.30. The van der Waals surface area contributed by atoms with Gasteiger partial charge in [-0.1, -0.05) is 12.5 Å². The first-order valence-corrected chi connectivity index (χ1v) is 9.46. The van der Waals surface area contributed by atoms with Crippen LogP contribution in [0.3, 0.4) is 0 Å². The van der Waals surface area contributed by atoms with Crippen molar-refractivity contribution in [3.63, 3.8) is 0 Å². The Labute approximate surface area is 172 Å². The monoisotopic (exact) mass is 468 g/mol. The molecule has 1 N–H and O–H groups in total. The summed E-state index contributed by atoms with van der Waals surface area (Å²) in [6.45, 7) is 5.42. The minimum Gasteiger partial charge on any atom is -0.351 e. The Kier molecular flexibility index (Phi) is 6.74. The van der Waals surface area contributed by atoms with Crippen LogP contribution in [0.15, 0.2) is 35.6 Å². The number of hydrogen-bond acceptors (Lipinski definition) is 3. The molecule has 0 amide bonds. The van der Waals surface area contributed by atoms with Gasteiger partial charge in [0.2, 0.25) is 0 Å². The molecule has 4 heterocycles. The third-order valence-corrected chi connectivity index (χ3v) is 5.42. The van der Waals surface area contributed by atoms with Crippen LogP contribution < -0.4 is 5.32 Å². The molecular weight excluding hydrogens is 439 g/mol. The van der Waals surface area contributed by atoms with Gasteiger partial charge in [-0.2, -0.15) is 0 Å². The lowest BCUT2D eigenvalue weighted by Crippen LogP contribution is -2.44. The van der Waals surface area contributed by atoms with Gasteiger partial charge in [0.25, 0.3) is 0 Å². The van der Waals surface area contributed by atoms with Crippen LogP contribution in [0.4, 0.5) is 0 Å². The van der Waals surface area contributed by atoms with E-state index in [2.05, 4.69) is 35.7 Å². The molecule has 0 saturated carbocycles. The van der Waals surface area contributed by atoms with Gasteiger partial charge in [0.1, 0.15) is 5.65 Å². The molecule has 142 valence electrons. The summed E-state index contributed by atoms with van der Waals surface area (Å²) in [6, 6.07) is 6.76. The van der Waals surface area contributed by atoms with E-state index < -0.39 is 0 Å². The highest BCUT2D eigenvalue weighted by atomic mass is 127. The Balaban J connectivity index is 0.00000196. The molecule has 26 heavy (non-hydrogen) atoms. The predicted molar refractivity (Wildman–Crippen MR) is 116 cm³/mol. The zero-order valence-corrected chi connectivity index (χ0v) is 17.8. The van der Waals surface area contributed by atoms with Crippen LogP contribution >= 0.6 is 24.0 Å². The van der Waals surface area contributed by atoms with E-state index in [0.717, 1.165) is 30.4 Å². The van der Waals surface area contributed by atoms with Gasteiger partial charge in [0, 0.05) is 38.6 Å². The summed E-state index contributed by atoms with van der Waals surface area (Å²) in [6.07, 6.45) is 9.47. The smallest absolute Gasteiger partial charge is 0.194 e. The number of piperidine rings is 1. The molecule has 0 radical (unpaired) electrons. The molecule has 2 aliphatic rings. The first-order valence-electron chi connectivity index (χ1n) is 9.46. The number of nitrogens with zero attached hydrogens (tertiary/aromatic N) is 5. The van der Waals surface area contributed by atoms with Crippen LogP contribution in [0.25, 0.3) is 5.65 Å². The molecule has 4 rings (SSSR count). The highest BCUT2D eigenvalue weighted by Crippen LogP contribution is 2.20. The molecule has 6 nitrogen and oxygen atoms in total. The van der Waals surface area contributed by atoms with Crippen LogP contribution in [-0.4, -0.2) is 64.4 Å². The predicted octanol–water partition coefficient (Wildman–Crippen LogP) is 2.59. The Morgan fingerprint density at radius 1 is 1.23 bits per heavy atom. The number of aromatic nitrogens is 2. The van der Waals surface area contributed by atoms with Gasteiger partial charge in [-0.3, -0.25) is 9.89 Å². The van der Waals surface area contributed by atoms with Crippen molar-refractivity contribution in [2.45, 2.75) is 38.3 Å². The molecule has 0 aliphatic carbocycles. The van der Waals surface area contributed by atoms with Crippen molar-refractivity contribution in [1.29, 1.82) is 0 Å². The van der Waals surface area contributed by atoms with Gasteiger partial charge in [0.15, 0.2) is 5.96 Å². The van der Waals surface area contributed by atoms with Crippen molar-refractivity contribution in [3.8, 4) is 0 Å². The molecule has 7 heteroatoms. The van der Waals surface area contributed by atoms with Gasteiger partial charge >= 0.3 is 0 Å². The van der Waals surface area contributed by atoms with Crippen molar-refractivity contribution in [3.05, 3.63) is 36.3 Å². The van der Waals surface area contributed by atoms with E-state index in [4.69, 9.17) is 0 Å². The fourth-order valence-corrected chi connectivity index (χ4v) is 4.09. The van der Waals surface area contributed by atoms with Crippen LogP contribution in [0.1, 0.15) is 31.4 Å². The lowest BCUT2D eigenvalue weighted by atomic mass is 10.1. The summed E-state index contributed by atoms with van der Waals surface area (Å²) in [5, 5.41) is 3.49. The van der Waals surface area contributed by atoms with E-state index in [1.165, 1.54) is 38.8 Å². The number of hydrogen-bond donors (Lipinski definition) is 1. The molecule has 2 aliphatic heterocycles. The Morgan fingerprint density at radius 3 is 2.85 bits per heavy atom. The molecular formula is C19H29IN6. The van der Waals surface area contributed by atoms with E-state index in [0.29, 0.717) is 12.6 Å². The number of guanidine groups is 1. The first kappa shape index (κ1) is 19.4. The molecule has 2 saturated heterocycles. The second kappa shape index (κ2) is 9.03. The fourth-order valence-electron chi connectivity index (χ4n) is 4.09. The lowest BCUT2D eigenvalue weighted by Gasteiger charge is -2.32. The topological polar surface area (TPSA) is 48.2 Å². The molecule has 1 atom stereocenters. The normalized spacial score (nSPS) is 21.8. The fraction of sp³-hybridized carbons (Fsp3) is 0.579. The number of halogens is 1. The standard InChI is InChI=1S/C19H28N6.HI/c1-20-19(21-13-16-14-24-11-6-3-7-18(24)22-16)25-12-8-17(15-25)23-9-4-2-5-10-23;/h3,6-7,11,14,17H,2,4-5,8-10,12-13,15H2,1H3,(H,20,21);1H. The number of likely N-dealkylation sites (tertiary alicyclic amines) is 2. The van der Waals surface area contributed by atoms with Crippen molar-refractivity contribution >= 4 is 35.6 Å². The maximum Gasteiger partial charge on any atom is 0.194 e. The summed E-state index contributed by atoms with van der Waals surface area (Å²) in [4.78, 5) is 14.2.